The first kappa shape index (κ1) is 11.6. The van der Waals surface area contributed by atoms with Gasteiger partial charge in [-0.15, -0.1) is 10.2 Å². The van der Waals surface area contributed by atoms with Crippen LogP contribution in [-0.2, 0) is 0 Å². The van der Waals surface area contributed by atoms with Gasteiger partial charge in [0.05, 0.1) is 12.5 Å². The predicted octanol–water partition coefficient (Wildman–Crippen LogP) is 2.55. The highest BCUT2D eigenvalue weighted by Crippen LogP contribution is 2.21. The molecule has 2 N–H and O–H groups in total. The SMILES string of the molecule is C(=NNc1nnc2c(n1)[nH]c1ccccc12)c1ccco1. The molecule has 0 aliphatic rings. The van der Waals surface area contributed by atoms with E-state index in [4.69, 9.17) is 4.42 Å². The van der Waals surface area contributed by atoms with Crippen LogP contribution in [0.5, 0.6) is 0 Å². The summed E-state index contributed by atoms with van der Waals surface area (Å²) >= 11 is 0. The highest BCUT2D eigenvalue weighted by atomic mass is 16.3. The molecule has 4 rings (SSSR count). The minimum absolute atomic E-state index is 0.317. The van der Waals surface area contributed by atoms with Crippen molar-refractivity contribution in [2.24, 2.45) is 5.10 Å². The summed E-state index contributed by atoms with van der Waals surface area (Å²) in [6.45, 7) is 0. The van der Waals surface area contributed by atoms with Crippen molar-refractivity contribution >= 4 is 34.2 Å². The molecular formula is C14H10N6O. The van der Waals surface area contributed by atoms with Gasteiger partial charge in [0.1, 0.15) is 11.3 Å². The second kappa shape index (κ2) is 4.71. The Labute approximate surface area is 118 Å². The van der Waals surface area contributed by atoms with Crippen LogP contribution in [0.1, 0.15) is 5.76 Å². The number of anilines is 1. The number of benzene rings is 1. The summed E-state index contributed by atoms with van der Waals surface area (Å²) in [5, 5.41) is 13.2. The largest absolute Gasteiger partial charge is 0.463 e. The molecule has 1 aromatic carbocycles. The van der Waals surface area contributed by atoms with Crippen molar-refractivity contribution in [3.05, 3.63) is 48.4 Å². The van der Waals surface area contributed by atoms with Crippen LogP contribution in [0.4, 0.5) is 5.95 Å². The van der Waals surface area contributed by atoms with Gasteiger partial charge in [-0.1, -0.05) is 18.2 Å². The summed E-state index contributed by atoms with van der Waals surface area (Å²) < 4.78 is 5.13. The molecule has 0 aliphatic carbocycles. The Morgan fingerprint density at radius 3 is 3.00 bits per heavy atom. The molecular weight excluding hydrogens is 268 g/mol. The van der Waals surface area contributed by atoms with E-state index < -0.39 is 0 Å². The molecule has 102 valence electrons. The van der Waals surface area contributed by atoms with Crippen LogP contribution in [0, 0.1) is 0 Å². The van der Waals surface area contributed by atoms with E-state index in [9.17, 15) is 0 Å². The Bertz CT molecular complexity index is 925. The van der Waals surface area contributed by atoms with Crippen molar-refractivity contribution in [1.29, 1.82) is 0 Å². The molecule has 0 amide bonds. The van der Waals surface area contributed by atoms with Crippen LogP contribution >= 0.6 is 0 Å². The fourth-order valence-corrected chi connectivity index (χ4v) is 2.09. The summed E-state index contributed by atoms with van der Waals surface area (Å²) in [4.78, 5) is 7.54. The first-order valence-corrected chi connectivity index (χ1v) is 6.34. The molecule has 7 heteroatoms. The van der Waals surface area contributed by atoms with Crippen LogP contribution in [0.25, 0.3) is 22.1 Å². The molecule has 0 aliphatic heterocycles. The van der Waals surface area contributed by atoms with Gasteiger partial charge in [-0.2, -0.15) is 10.1 Å². The molecule has 3 aromatic heterocycles. The summed E-state index contributed by atoms with van der Waals surface area (Å²) in [6.07, 6.45) is 3.12. The average molecular weight is 278 g/mol. The third-order valence-electron chi connectivity index (χ3n) is 3.02. The van der Waals surface area contributed by atoms with Crippen LogP contribution in [-0.4, -0.2) is 26.4 Å². The van der Waals surface area contributed by atoms with Crippen LogP contribution in [0.2, 0.25) is 0 Å². The van der Waals surface area contributed by atoms with E-state index in [-0.39, 0.29) is 0 Å². The monoisotopic (exact) mass is 278 g/mol. The molecule has 4 aromatic rings. The number of nitrogens with one attached hydrogen (secondary N) is 2. The molecule has 0 spiro atoms. The maximum absolute atomic E-state index is 5.13. The highest BCUT2D eigenvalue weighted by molar-refractivity contribution is 6.03. The van der Waals surface area contributed by atoms with Gasteiger partial charge in [-0.3, -0.25) is 0 Å². The predicted molar refractivity (Wildman–Crippen MR) is 79.1 cm³/mol. The minimum Gasteiger partial charge on any atom is -0.463 e. The number of furan rings is 1. The lowest BCUT2D eigenvalue weighted by atomic mass is 10.2. The number of hydrogen-bond donors (Lipinski definition) is 2. The lowest BCUT2D eigenvalue weighted by molar-refractivity contribution is 0.560. The molecule has 0 saturated carbocycles. The zero-order chi connectivity index (χ0) is 14.1. The fourth-order valence-electron chi connectivity index (χ4n) is 2.09. The molecule has 0 atom stereocenters. The topological polar surface area (TPSA) is 92.0 Å². The summed E-state index contributed by atoms with van der Waals surface area (Å²) in [5.74, 6) is 0.957. The number of nitrogens with zero attached hydrogens (tertiary/aromatic N) is 4. The van der Waals surface area contributed by atoms with Crippen molar-refractivity contribution in [3.8, 4) is 0 Å². The van der Waals surface area contributed by atoms with E-state index in [1.807, 2.05) is 24.3 Å². The lowest BCUT2D eigenvalue weighted by Crippen LogP contribution is -1.98. The maximum atomic E-state index is 5.13. The van der Waals surface area contributed by atoms with E-state index >= 15 is 0 Å². The molecule has 0 saturated heterocycles. The van der Waals surface area contributed by atoms with Crippen LogP contribution in [0.15, 0.2) is 52.2 Å². The van der Waals surface area contributed by atoms with Gasteiger partial charge >= 0.3 is 0 Å². The van der Waals surface area contributed by atoms with Gasteiger partial charge in [0.15, 0.2) is 5.65 Å². The number of H-pyrrole nitrogens is 1. The third kappa shape index (κ3) is 2.10. The first-order chi connectivity index (χ1) is 10.4. The van der Waals surface area contributed by atoms with Crippen LogP contribution in [0.3, 0.4) is 0 Å². The number of aromatic nitrogens is 4. The van der Waals surface area contributed by atoms with E-state index in [0.29, 0.717) is 17.4 Å². The Morgan fingerprint density at radius 2 is 2.10 bits per heavy atom. The molecule has 21 heavy (non-hydrogen) atoms. The van der Waals surface area contributed by atoms with E-state index in [0.717, 1.165) is 16.4 Å². The number of fused-ring (bicyclic) bond motifs is 3. The van der Waals surface area contributed by atoms with Gasteiger partial charge in [0.25, 0.3) is 5.95 Å². The number of hydrazone groups is 1. The van der Waals surface area contributed by atoms with Gasteiger partial charge in [-0.25, -0.2) is 5.43 Å². The number of rotatable bonds is 3. The van der Waals surface area contributed by atoms with Gasteiger partial charge in [-0.05, 0) is 18.2 Å². The third-order valence-corrected chi connectivity index (χ3v) is 3.02. The van der Waals surface area contributed by atoms with Gasteiger partial charge < -0.3 is 9.40 Å². The second-order valence-corrected chi connectivity index (χ2v) is 4.39. The second-order valence-electron chi connectivity index (χ2n) is 4.39. The summed E-state index contributed by atoms with van der Waals surface area (Å²) in [5.41, 5.74) is 5.11. The van der Waals surface area contributed by atoms with Crippen molar-refractivity contribution < 1.29 is 4.42 Å². The zero-order valence-corrected chi connectivity index (χ0v) is 10.8. The first-order valence-electron chi connectivity index (χ1n) is 6.34. The fraction of sp³-hybridized carbons (Fsp3) is 0. The zero-order valence-electron chi connectivity index (χ0n) is 10.8. The van der Waals surface area contributed by atoms with Crippen molar-refractivity contribution in [2.45, 2.75) is 0 Å². The molecule has 3 heterocycles. The molecule has 0 unspecified atom stereocenters. The van der Waals surface area contributed by atoms with Gasteiger partial charge in [0.2, 0.25) is 0 Å². The molecule has 7 nitrogen and oxygen atoms in total. The maximum Gasteiger partial charge on any atom is 0.265 e. The average Bonchev–Trinajstić information content (AvgIpc) is 3.13. The number of para-hydroxylation sites is 1. The minimum atomic E-state index is 0.317. The van der Waals surface area contributed by atoms with E-state index in [2.05, 4.69) is 30.7 Å². The molecule has 0 bridgehead atoms. The Kier molecular flexibility index (Phi) is 2.60. The molecule has 0 radical (unpaired) electrons. The number of hydrogen-bond acceptors (Lipinski definition) is 6. The van der Waals surface area contributed by atoms with E-state index in [1.165, 1.54) is 0 Å². The van der Waals surface area contributed by atoms with Crippen molar-refractivity contribution in [3.63, 3.8) is 0 Å². The molecule has 0 fully saturated rings. The van der Waals surface area contributed by atoms with E-state index in [1.54, 1.807) is 24.6 Å². The van der Waals surface area contributed by atoms with Gasteiger partial charge in [0, 0.05) is 10.9 Å². The van der Waals surface area contributed by atoms with Crippen LogP contribution < -0.4 is 5.43 Å². The number of aromatic amines is 1. The Morgan fingerprint density at radius 1 is 1.14 bits per heavy atom. The summed E-state index contributed by atoms with van der Waals surface area (Å²) in [7, 11) is 0. The normalized spacial score (nSPS) is 11.6. The smallest absolute Gasteiger partial charge is 0.265 e. The lowest BCUT2D eigenvalue weighted by Gasteiger charge is -1.96. The summed E-state index contributed by atoms with van der Waals surface area (Å²) in [6, 6.07) is 11.4. The van der Waals surface area contributed by atoms with Crippen molar-refractivity contribution in [1.82, 2.24) is 20.2 Å². The highest BCUT2D eigenvalue weighted by Gasteiger charge is 2.07. The Balaban J connectivity index is 1.66. The standard InChI is InChI=1S/C14H10N6O/c1-2-6-11-10(5-1)12-13(16-11)17-14(20-18-12)19-15-8-9-4-3-7-21-9/h1-8H,(H2,16,17,19,20). The quantitative estimate of drug-likeness (QED) is 0.444. The van der Waals surface area contributed by atoms with Crippen molar-refractivity contribution in [2.75, 3.05) is 5.43 Å². The Hall–Kier alpha value is -3.22.